The molecule has 2 aliphatic heterocycles. The normalized spacial score (nSPS) is 24.8. The minimum atomic E-state index is -3.53. The standard InChI is InChI=1S/C16H23ClN2O3S/c1-18(2)9-13-7-8-16(22-10-13)11-19(12-16)23(20,21)15-6-4-3-5-14(15)17/h3-6,13H,7-12H2,1-2H3. The van der Waals surface area contributed by atoms with Gasteiger partial charge in [0, 0.05) is 19.6 Å². The highest BCUT2D eigenvalue weighted by Gasteiger charge is 2.51. The second-order valence-electron chi connectivity index (χ2n) is 6.86. The van der Waals surface area contributed by atoms with Crippen molar-refractivity contribution >= 4 is 21.6 Å². The summed E-state index contributed by atoms with van der Waals surface area (Å²) in [6.45, 7) is 2.57. The van der Waals surface area contributed by atoms with Crippen LogP contribution in [0.4, 0.5) is 0 Å². The molecule has 7 heteroatoms. The molecule has 1 aromatic rings. The van der Waals surface area contributed by atoms with Gasteiger partial charge < -0.3 is 9.64 Å². The number of nitrogens with zero attached hydrogens (tertiary/aromatic N) is 2. The Morgan fingerprint density at radius 3 is 2.61 bits per heavy atom. The molecule has 2 fully saturated rings. The van der Waals surface area contributed by atoms with Crippen molar-refractivity contribution in [3.8, 4) is 0 Å². The Bertz CT molecular complexity index is 662. The highest BCUT2D eigenvalue weighted by molar-refractivity contribution is 7.89. The SMILES string of the molecule is CN(C)CC1CCC2(CN(S(=O)(=O)c3ccccc3Cl)C2)OC1. The van der Waals surface area contributed by atoms with E-state index in [4.69, 9.17) is 16.3 Å². The summed E-state index contributed by atoms with van der Waals surface area (Å²) in [6.07, 6.45) is 2.00. The van der Waals surface area contributed by atoms with Crippen LogP contribution in [0.25, 0.3) is 0 Å². The highest BCUT2D eigenvalue weighted by Crippen LogP contribution is 2.39. The zero-order chi connectivity index (χ0) is 16.7. The smallest absolute Gasteiger partial charge is 0.244 e. The molecule has 0 aromatic heterocycles. The summed E-state index contributed by atoms with van der Waals surface area (Å²) >= 11 is 6.04. The Morgan fingerprint density at radius 2 is 2.04 bits per heavy atom. The lowest BCUT2D eigenvalue weighted by Crippen LogP contribution is -2.66. The number of ether oxygens (including phenoxy) is 1. The Balaban J connectivity index is 1.62. The van der Waals surface area contributed by atoms with E-state index >= 15 is 0 Å². The predicted molar refractivity (Wildman–Crippen MR) is 90.2 cm³/mol. The number of benzene rings is 1. The van der Waals surface area contributed by atoms with Crippen LogP contribution < -0.4 is 0 Å². The molecule has 0 bridgehead atoms. The minimum Gasteiger partial charge on any atom is -0.372 e. The van der Waals surface area contributed by atoms with Gasteiger partial charge in [0.15, 0.2) is 0 Å². The first-order valence-corrected chi connectivity index (χ1v) is 9.68. The van der Waals surface area contributed by atoms with E-state index in [1.165, 1.54) is 4.31 Å². The van der Waals surface area contributed by atoms with E-state index in [9.17, 15) is 8.42 Å². The van der Waals surface area contributed by atoms with Crippen LogP contribution in [-0.4, -0.2) is 63.6 Å². The molecule has 1 unspecified atom stereocenters. The average molecular weight is 359 g/mol. The van der Waals surface area contributed by atoms with Crippen LogP contribution in [0.3, 0.4) is 0 Å². The Kier molecular flexibility index (Phi) is 4.73. The second kappa shape index (κ2) is 6.33. The van der Waals surface area contributed by atoms with Crippen molar-refractivity contribution in [1.82, 2.24) is 9.21 Å². The minimum absolute atomic E-state index is 0.179. The highest BCUT2D eigenvalue weighted by atomic mass is 35.5. The van der Waals surface area contributed by atoms with Crippen molar-refractivity contribution in [2.45, 2.75) is 23.3 Å². The monoisotopic (exact) mass is 358 g/mol. The predicted octanol–water partition coefficient (Wildman–Crippen LogP) is 2.07. The molecule has 23 heavy (non-hydrogen) atoms. The molecule has 0 N–H and O–H groups in total. The van der Waals surface area contributed by atoms with Crippen LogP contribution in [0.1, 0.15) is 12.8 Å². The van der Waals surface area contributed by atoms with Gasteiger partial charge in [0.05, 0.1) is 17.2 Å². The maximum atomic E-state index is 12.7. The van der Waals surface area contributed by atoms with Crippen molar-refractivity contribution in [3.63, 3.8) is 0 Å². The van der Waals surface area contributed by atoms with Gasteiger partial charge in [-0.25, -0.2) is 8.42 Å². The van der Waals surface area contributed by atoms with Crippen molar-refractivity contribution in [2.75, 3.05) is 40.3 Å². The molecule has 0 amide bonds. The van der Waals surface area contributed by atoms with Crippen molar-refractivity contribution in [1.29, 1.82) is 0 Å². The molecule has 2 heterocycles. The van der Waals surface area contributed by atoms with Crippen LogP contribution in [0.5, 0.6) is 0 Å². The number of sulfonamides is 1. The lowest BCUT2D eigenvalue weighted by molar-refractivity contribution is -0.158. The van der Waals surface area contributed by atoms with E-state index in [1.807, 2.05) is 0 Å². The van der Waals surface area contributed by atoms with Gasteiger partial charge in [0.1, 0.15) is 4.90 Å². The van der Waals surface area contributed by atoms with Gasteiger partial charge in [-0.2, -0.15) is 4.31 Å². The van der Waals surface area contributed by atoms with Crippen LogP contribution in [-0.2, 0) is 14.8 Å². The van der Waals surface area contributed by atoms with Crippen LogP contribution in [0.2, 0.25) is 5.02 Å². The van der Waals surface area contributed by atoms with E-state index in [1.54, 1.807) is 24.3 Å². The topological polar surface area (TPSA) is 49.9 Å². The molecule has 3 rings (SSSR count). The number of hydrogen-bond acceptors (Lipinski definition) is 4. The van der Waals surface area contributed by atoms with Gasteiger partial charge in [0.2, 0.25) is 10.0 Å². The van der Waals surface area contributed by atoms with E-state index in [2.05, 4.69) is 19.0 Å². The quantitative estimate of drug-likeness (QED) is 0.826. The fraction of sp³-hybridized carbons (Fsp3) is 0.625. The summed E-state index contributed by atoms with van der Waals surface area (Å²) in [4.78, 5) is 2.35. The fourth-order valence-electron chi connectivity index (χ4n) is 3.39. The summed E-state index contributed by atoms with van der Waals surface area (Å²) < 4.78 is 32.8. The van der Waals surface area contributed by atoms with Crippen molar-refractivity contribution < 1.29 is 13.2 Å². The molecule has 2 saturated heterocycles. The van der Waals surface area contributed by atoms with Crippen LogP contribution in [0, 0.1) is 5.92 Å². The summed E-state index contributed by atoms with van der Waals surface area (Å²) in [5.74, 6) is 0.532. The lowest BCUT2D eigenvalue weighted by atomic mass is 9.84. The zero-order valence-corrected chi connectivity index (χ0v) is 15.1. The van der Waals surface area contributed by atoms with Crippen LogP contribution >= 0.6 is 11.6 Å². The summed E-state index contributed by atoms with van der Waals surface area (Å²) in [5.41, 5.74) is -0.295. The van der Waals surface area contributed by atoms with E-state index in [0.717, 1.165) is 19.4 Å². The fourth-order valence-corrected chi connectivity index (χ4v) is 5.47. The third-order valence-electron chi connectivity index (χ3n) is 4.64. The number of hydrogen-bond donors (Lipinski definition) is 0. The maximum absolute atomic E-state index is 12.7. The van der Waals surface area contributed by atoms with Crippen molar-refractivity contribution in [2.24, 2.45) is 5.92 Å². The summed E-state index contributed by atoms with van der Waals surface area (Å²) in [7, 11) is 0.595. The third-order valence-corrected chi connectivity index (χ3v) is 6.93. The maximum Gasteiger partial charge on any atom is 0.244 e. The Morgan fingerprint density at radius 1 is 1.35 bits per heavy atom. The zero-order valence-electron chi connectivity index (χ0n) is 13.5. The van der Waals surface area contributed by atoms with E-state index < -0.39 is 10.0 Å². The molecule has 1 atom stereocenters. The summed E-state index contributed by atoms with van der Waals surface area (Å²) in [6, 6.07) is 6.58. The van der Waals surface area contributed by atoms with Crippen molar-refractivity contribution in [3.05, 3.63) is 29.3 Å². The average Bonchev–Trinajstić information content (AvgIpc) is 2.45. The first-order chi connectivity index (χ1) is 10.8. The molecule has 1 spiro atoms. The van der Waals surface area contributed by atoms with Gasteiger partial charge in [-0.15, -0.1) is 0 Å². The molecule has 0 aliphatic carbocycles. The van der Waals surface area contributed by atoms with Gasteiger partial charge >= 0.3 is 0 Å². The molecule has 128 valence electrons. The number of halogens is 1. The van der Waals surface area contributed by atoms with E-state index in [-0.39, 0.29) is 15.5 Å². The number of rotatable bonds is 4. The van der Waals surface area contributed by atoms with Gasteiger partial charge in [0.25, 0.3) is 0 Å². The molecular formula is C16H23ClN2O3S. The molecule has 0 radical (unpaired) electrons. The van der Waals surface area contributed by atoms with Crippen LogP contribution in [0.15, 0.2) is 29.2 Å². The molecular weight excluding hydrogens is 336 g/mol. The third kappa shape index (κ3) is 3.42. The first kappa shape index (κ1) is 17.2. The Hall–Kier alpha value is -0.660. The largest absolute Gasteiger partial charge is 0.372 e. The molecule has 1 aromatic carbocycles. The first-order valence-electron chi connectivity index (χ1n) is 7.86. The van der Waals surface area contributed by atoms with Gasteiger partial charge in [-0.05, 0) is 45.0 Å². The molecule has 5 nitrogen and oxygen atoms in total. The molecule has 0 saturated carbocycles. The lowest BCUT2D eigenvalue weighted by Gasteiger charge is -2.52. The Labute approximate surface area is 143 Å². The molecule has 2 aliphatic rings. The van der Waals surface area contributed by atoms with Gasteiger partial charge in [-0.3, -0.25) is 0 Å². The van der Waals surface area contributed by atoms with Gasteiger partial charge in [-0.1, -0.05) is 23.7 Å². The van der Waals surface area contributed by atoms with E-state index in [0.29, 0.717) is 25.6 Å². The second-order valence-corrected chi connectivity index (χ2v) is 9.18. The summed E-state index contributed by atoms with van der Waals surface area (Å²) in [5, 5.41) is 0.268.